The van der Waals surface area contributed by atoms with Gasteiger partial charge in [-0.25, -0.2) is 15.0 Å². The van der Waals surface area contributed by atoms with Crippen LogP contribution in [0.2, 0.25) is 5.15 Å². The summed E-state index contributed by atoms with van der Waals surface area (Å²) in [6, 6.07) is 0.445. The molecule has 4 rings (SSSR count). The number of hydrogen-bond acceptors (Lipinski definition) is 5. The van der Waals surface area contributed by atoms with Crippen LogP contribution in [0, 0.1) is 11.8 Å². The van der Waals surface area contributed by atoms with Gasteiger partial charge in [0.15, 0.2) is 10.8 Å². The summed E-state index contributed by atoms with van der Waals surface area (Å²) in [4.78, 5) is 12.8. The Labute approximate surface area is 146 Å². The molecule has 0 aliphatic heterocycles. The summed E-state index contributed by atoms with van der Waals surface area (Å²) >= 11 is 6.11. The Bertz CT molecular complexity index is 707. The molecule has 0 amide bonds. The van der Waals surface area contributed by atoms with Gasteiger partial charge in [0, 0.05) is 19.3 Å². The molecule has 2 heterocycles. The van der Waals surface area contributed by atoms with Crippen molar-refractivity contribution in [2.75, 3.05) is 13.2 Å². The van der Waals surface area contributed by atoms with Gasteiger partial charge in [-0.05, 0) is 50.4 Å². The van der Waals surface area contributed by atoms with Crippen LogP contribution in [0.5, 0.6) is 0 Å². The molecule has 2 aromatic rings. The molecule has 2 bridgehead atoms. The molecule has 0 saturated heterocycles. The van der Waals surface area contributed by atoms with Gasteiger partial charge in [-0.3, -0.25) is 0 Å². The van der Waals surface area contributed by atoms with Crippen molar-refractivity contribution in [3.63, 3.8) is 0 Å². The first kappa shape index (κ1) is 16.2. The number of nitrogens with zero attached hydrogens (tertiary/aromatic N) is 4. The standard InChI is InChI=1S/C17H23ClN4O2/c18-16-15-17(20-9-19-16)22(10-21-15)13-7-12-6-11(13)8-14(12)24-5-3-1-2-4-23/h9-14,23H,1-8H2/t11-,12-,13+,14+/m1/s1. The van der Waals surface area contributed by atoms with Crippen molar-refractivity contribution < 1.29 is 9.84 Å². The molecule has 2 aliphatic rings. The van der Waals surface area contributed by atoms with Crippen molar-refractivity contribution in [3.8, 4) is 0 Å². The number of rotatable bonds is 7. The third-order valence-electron chi connectivity index (χ3n) is 5.56. The van der Waals surface area contributed by atoms with Gasteiger partial charge in [-0.15, -0.1) is 0 Å². The maximum Gasteiger partial charge on any atom is 0.165 e. The van der Waals surface area contributed by atoms with Crippen LogP contribution < -0.4 is 0 Å². The molecule has 2 aliphatic carbocycles. The van der Waals surface area contributed by atoms with E-state index in [0.717, 1.165) is 44.4 Å². The quantitative estimate of drug-likeness (QED) is 0.613. The van der Waals surface area contributed by atoms with E-state index in [4.69, 9.17) is 21.4 Å². The first-order chi connectivity index (χ1) is 11.8. The SMILES string of the molecule is OCCCCCO[C@H]1C[C@H]2C[C@@H]1C[C@@H]2n1cnc2c(Cl)ncnc21. The number of ether oxygens (including phenoxy) is 1. The fraction of sp³-hybridized carbons (Fsp3) is 0.706. The lowest BCUT2D eigenvalue weighted by atomic mass is 9.92. The summed E-state index contributed by atoms with van der Waals surface area (Å²) in [6.45, 7) is 1.09. The molecular weight excluding hydrogens is 328 g/mol. The zero-order valence-electron chi connectivity index (χ0n) is 13.6. The van der Waals surface area contributed by atoms with Crippen LogP contribution in [0.4, 0.5) is 0 Å². The van der Waals surface area contributed by atoms with E-state index in [0.29, 0.717) is 34.7 Å². The molecule has 130 valence electrons. The summed E-state index contributed by atoms with van der Waals surface area (Å²) < 4.78 is 8.29. The van der Waals surface area contributed by atoms with Crippen LogP contribution in [0.1, 0.15) is 44.6 Å². The van der Waals surface area contributed by atoms with Gasteiger partial charge >= 0.3 is 0 Å². The minimum atomic E-state index is 0.280. The Balaban J connectivity index is 1.38. The minimum absolute atomic E-state index is 0.280. The highest BCUT2D eigenvalue weighted by Crippen LogP contribution is 2.52. The van der Waals surface area contributed by atoms with Crippen LogP contribution in [0.3, 0.4) is 0 Å². The Morgan fingerprint density at radius 3 is 2.83 bits per heavy atom. The van der Waals surface area contributed by atoms with E-state index in [1.807, 2.05) is 6.33 Å². The second-order valence-electron chi connectivity index (χ2n) is 6.98. The number of fused-ring (bicyclic) bond motifs is 3. The molecule has 2 fully saturated rings. The zero-order valence-corrected chi connectivity index (χ0v) is 14.4. The monoisotopic (exact) mass is 350 g/mol. The van der Waals surface area contributed by atoms with Gasteiger partial charge in [0.05, 0.1) is 12.4 Å². The van der Waals surface area contributed by atoms with Crippen LogP contribution in [0.25, 0.3) is 11.2 Å². The molecule has 0 aromatic carbocycles. The summed E-state index contributed by atoms with van der Waals surface area (Å²) in [5.41, 5.74) is 1.53. The second-order valence-corrected chi connectivity index (χ2v) is 7.33. The molecule has 4 atom stereocenters. The Hall–Kier alpha value is -1.24. The Kier molecular flexibility index (Phi) is 4.70. The predicted octanol–water partition coefficient (Wildman–Crippen LogP) is 3.00. The summed E-state index contributed by atoms with van der Waals surface area (Å²) in [6.07, 6.45) is 10.2. The fourth-order valence-corrected chi connectivity index (χ4v) is 4.61. The lowest BCUT2D eigenvalue weighted by molar-refractivity contribution is 0.00698. The zero-order chi connectivity index (χ0) is 16.5. The average Bonchev–Trinajstić information content (AvgIpc) is 3.28. The first-order valence-corrected chi connectivity index (χ1v) is 9.21. The molecule has 6 nitrogen and oxygen atoms in total. The van der Waals surface area contributed by atoms with Crippen molar-refractivity contribution in [2.24, 2.45) is 11.8 Å². The van der Waals surface area contributed by atoms with Crippen LogP contribution in [-0.2, 0) is 4.74 Å². The highest BCUT2D eigenvalue weighted by atomic mass is 35.5. The number of unbranched alkanes of at least 4 members (excludes halogenated alkanes) is 2. The molecule has 0 spiro atoms. The lowest BCUT2D eigenvalue weighted by Gasteiger charge is -2.29. The summed E-state index contributed by atoms with van der Waals surface area (Å²) in [7, 11) is 0. The molecule has 2 saturated carbocycles. The van der Waals surface area contributed by atoms with Gasteiger partial charge in [0.1, 0.15) is 11.8 Å². The largest absolute Gasteiger partial charge is 0.396 e. The number of imidazole rings is 1. The second kappa shape index (κ2) is 6.94. The van der Waals surface area contributed by atoms with Crippen molar-refractivity contribution in [1.82, 2.24) is 19.5 Å². The molecule has 24 heavy (non-hydrogen) atoms. The Morgan fingerprint density at radius 1 is 1.12 bits per heavy atom. The van der Waals surface area contributed by atoms with E-state index >= 15 is 0 Å². The number of aliphatic hydroxyl groups excluding tert-OH is 1. The highest BCUT2D eigenvalue weighted by molar-refractivity contribution is 6.33. The molecule has 0 radical (unpaired) electrons. The molecule has 0 unspecified atom stereocenters. The molecule has 1 N–H and O–H groups in total. The smallest absolute Gasteiger partial charge is 0.165 e. The van der Waals surface area contributed by atoms with Crippen LogP contribution in [0.15, 0.2) is 12.7 Å². The van der Waals surface area contributed by atoms with E-state index in [1.165, 1.54) is 12.7 Å². The molecular formula is C17H23ClN4O2. The third-order valence-corrected chi connectivity index (χ3v) is 5.84. The van der Waals surface area contributed by atoms with Crippen molar-refractivity contribution >= 4 is 22.8 Å². The highest BCUT2D eigenvalue weighted by Gasteiger charge is 2.47. The van der Waals surface area contributed by atoms with Gasteiger partial charge in [0.25, 0.3) is 0 Å². The normalized spacial score (nSPS) is 28.9. The van der Waals surface area contributed by atoms with Gasteiger partial charge in [0.2, 0.25) is 0 Å². The van der Waals surface area contributed by atoms with Gasteiger partial charge in [-0.1, -0.05) is 11.6 Å². The van der Waals surface area contributed by atoms with Gasteiger partial charge < -0.3 is 14.4 Å². The van der Waals surface area contributed by atoms with Crippen LogP contribution >= 0.6 is 11.6 Å². The maximum atomic E-state index is 8.81. The van der Waals surface area contributed by atoms with Crippen molar-refractivity contribution in [2.45, 2.75) is 50.7 Å². The number of aromatic nitrogens is 4. The number of aliphatic hydroxyl groups is 1. The third kappa shape index (κ3) is 2.91. The molecule has 2 aromatic heterocycles. The maximum absolute atomic E-state index is 8.81. The lowest BCUT2D eigenvalue weighted by Crippen LogP contribution is -2.26. The topological polar surface area (TPSA) is 73.1 Å². The van der Waals surface area contributed by atoms with E-state index in [-0.39, 0.29) is 6.61 Å². The predicted molar refractivity (Wildman–Crippen MR) is 90.9 cm³/mol. The van der Waals surface area contributed by atoms with Crippen molar-refractivity contribution in [1.29, 1.82) is 0 Å². The van der Waals surface area contributed by atoms with Crippen molar-refractivity contribution in [3.05, 3.63) is 17.8 Å². The summed E-state index contributed by atoms with van der Waals surface area (Å²) in [5.74, 6) is 1.26. The van der Waals surface area contributed by atoms with E-state index < -0.39 is 0 Å². The van der Waals surface area contributed by atoms with E-state index in [1.54, 1.807) is 0 Å². The average molecular weight is 351 g/mol. The van der Waals surface area contributed by atoms with E-state index in [2.05, 4.69) is 19.5 Å². The van der Waals surface area contributed by atoms with E-state index in [9.17, 15) is 0 Å². The summed E-state index contributed by atoms with van der Waals surface area (Å²) in [5, 5.41) is 9.23. The number of halogens is 1. The van der Waals surface area contributed by atoms with Crippen LogP contribution in [-0.4, -0.2) is 43.9 Å². The minimum Gasteiger partial charge on any atom is -0.396 e. The Morgan fingerprint density at radius 2 is 2.04 bits per heavy atom. The van der Waals surface area contributed by atoms with Gasteiger partial charge in [-0.2, -0.15) is 0 Å². The number of hydrogen-bond donors (Lipinski definition) is 1. The first-order valence-electron chi connectivity index (χ1n) is 8.83. The molecule has 7 heteroatoms. The fourth-order valence-electron chi connectivity index (χ4n) is 4.43.